The van der Waals surface area contributed by atoms with Crippen molar-refractivity contribution in [3.63, 3.8) is 0 Å². The van der Waals surface area contributed by atoms with E-state index >= 15 is 0 Å². The zero-order valence-electron chi connectivity index (χ0n) is 12.5. The molecule has 8 heteroatoms. The number of nitrogens with one attached hydrogen (secondary N) is 2. The number of thiophene rings is 1. The maximum Gasteiger partial charge on any atom is 0.319 e. The van der Waals surface area contributed by atoms with Crippen LogP contribution in [-0.2, 0) is 5.60 Å². The van der Waals surface area contributed by atoms with Gasteiger partial charge in [-0.1, -0.05) is 6.07 Å². The molecule has 2 amide bonds. The van der Waals surface area contributed by atoms with E-state index in [0.717, 1.165) is 19.2 Å². The summed E-state index contributed by atoms with van der Waals surface area (Å²) in [4.78, 5) is 12.5. The molecule has 1 aromatic heterocycles. The third-order valence-electron chi connectivity index (χ3n) is 3.11. The summed E-state index contributed by atoms with van der Waals surface area (Å²) in [6, 6.07) is 4.74. The van der Waals surface area contributed by atoms with Crippen molar-refractivity contribution in [2.75, 3.05) is 19.0 Å². The van der Waals surface area contributed by atoms with Crippen LogP contribution in [0.1, 0.15) is 11.8 Å². The van der Waals surface area contributed by atoms with E-state index in [-0.39, 0.29) is 12.2 Å². The quantitative estimate of drug-likeness (QED) is 0.782. The predicted molar refractivity (Wildman–Crippen MR) is 83.8 cm³/mol. The molecule has 124 valence electrons. The lowest BCUT2D eigenvalue weighted by Gasteiger charge is -2.22. The molecule has 23 heavy (non-hydrogen) atoms. The Morgan fingerprint density at radius 3 is 2.57 bits per heavy atom. The largest absolute Gasteiger partial charge is 0.491 e. The predicted octanol–water partition coefficient (Wildman–Crippen LogP) is 3.06. The molecule has 1 atom stereocenters. The van der Waals surface area contributed by atoms with E-state index in [9.17, 15) is 18.7 Å². The highest BCUT2D eigenvalue weighted by Gasteiger charge is 2.25. The molecule has 0 saturated heterocycles. The van der Waals surface area contributed by atoms with Crippen LogP contribution >= 0.6 is 11.3 Å². The van der Waals surface area contributed by atoms with Crippen molar-refractivity contribution in [1.82, 2.24) is 5.32 Å². The van der Waals surface area contributed by atoms with E-state index in [1.165, 1.54) is 11.3 Å². The molecule has 1 heterocycles. The summed E-state index contributed by atoms with van der Waals surface area (Å²) in [6.45, 7) is 1.51. The first-order chi connectivity index (χ1) is 10.8. The van der Waals surface area contributed by atoms with Crippen LogP contribution in [0.5, 0.6) is 5.75 Å². The van der Waals surface area contributed by atoms with Gasteiger partial charge in [-0.3, -0.25) is 0 Å². The fraction of sp³-hybridized carbons (Fsp3) is 0.267. The van der Waals surface area contributed by atoms with Crippen LogP contribution in [0.3, 0.4) is 0 Å². The molecule has 3 N–H and O–H groups in total. The Hall–Kier alpha value is -2.19. The van der Waals surface area contributed by atoms with Gasteiger partial charge < -0.3 is 20.5 Å². The van der Waals surface area contributed by atoms with E-state index in [1.54, 1.807) is 19.1 Å². The summed E-state index contributed by atoms with van der Waals surface area (Å²) in [5.41, 5.74) is -1.30. The van der Waals surface area contributed by atoms with Crippen LogP contribution in [0.25, 0.3) is 0 Å². The zero-order chi connectivity index (χ0) is 17.0. The number of halogens is 2. The smallest absolute Gasteiger partial charge is 0.319 e. The molecule has 0 radical (unpaired) electrons. The SMILES string of the molecule is COc1c(F)cc(NC(=O)NC[C@](C)(O)c2cccs2)cc1F. The number of carbonyl (C=O) groups is 1. The number of hydrogen-bond acceptors (Lipinski definition) is 4. The van der Waals surface area contributed by atoms with Crippen molar-refractivity contribution < 1.29 is 23.4 Å². The van der Waals surface area contributed by atoms with Crippen LogP contribution in [-0.4, -0.2) is 24.8 Å². The van der Waals surface area contributed by atoms with Crippen molar-refractivity contribution in [1.29, 1.82) is 0 Å². The summed E-state index contributed by atoms with van der Waals surface area (Å²) in [7, 11) is 1.15. The third kappa shape index (κ3) is 4.17. The summed E-state index contributed by atoms with van der Waals surface area (Å²) in [5.74, 6) is -2.36. The minimum atomic E-state index is -1.23. The first-order valence-electron chi connectivity index (χ1n) is 6.68. The fourth-order valence-corrected chi connectivity index (χ4v) is 2.71. The molecule has 5 nitrogen and oxygen atoms in total. The van der Waals surface area contributed by atoms with Crippen molar-refractivity contribution >= 4 is 23.1 Å². The maximum absolute atomic E-state index is 13.5. The van der Waals surface area contributed by atoms with Gasteiger partial charge in [-0.05, 0) is 18.4 Å². The number of anilines is 1. The Morgan fingerprint density at radius 2 is 2.04 bits per heavy atom. The van der Waals surface area contributed by atoms with Crippen molar-refractivity contribution in [3.8, 4) is 5.75 Å². The number of benzene rings is 1. The van der Waals surface area contributed by atoms with Gasteiger partial charge in [0.15, 0.2) is 17.4 Å². The van der Waals surface area contributed by atoms with Crippen molar-refractivity contribution in [3.05, 3.63) is 46.2 Å². The van der Waals surface area contributed by atoms with Gasteiger partial charge in [-0.2, -0.15) is 0 Å². The number of aliphatic hydroxyl groups is 1. The van der Waals surface area contributed by atoms with Gasteiger partial charge in [-0.25, -0.2) is 13.6 Å². The second kappa shape index (κ2) is 6.93. The van der Waals surface area contributed by atoms with E-state index in [1.807, 2.05) is 5.38 Å². The van der Waals surface area contributed by atoms with Crippen molar-refractivity contribution in [2.24, 2.45) is 0 Å². The molecule has 0 saturated carbocycles. The molecule has 0 aliphatic rings. The zero-order valence-corrected chi connectivity index (χ0v) is 13.3. The number of amides is 2. The average Bonchev–Trinajstić information content (AvgIpc) is 3.00. The average molecular weight is 342 g/mol. The van der Waals surface area contributed by atoms with E-state index < -0.39 is 29.0 Å². The summed E-state index contributed by atoms with van der Waals surface area (Å²) in [5, 5.41) is 16.8. The molecule has 2 aromatic rings. The monoisotopic (exact) mass is 342 g/mol. The number of ether oxygens (including phenoxy) is 1. The Bertz CT molecular complexity index is 667. The molecular weight excluding hydrogens is 326 g/mol. The number of rotatable bonds is 5. The van der Waals surface area contributed by atoms with Gasteiger partial charge >= 0.3 is 6.03 Å². The second-order valence-electron chi connectivity index (χ2n) is 5.03. The lowest BCUT2D eigenvalue weighted by Crippen LogP contribution is -2.40. The Balaban J connectivity index is 1.98. The molecule has 0 bridgehead atoms. The minimum absolute atomic E-state index is 0.0551. The Labute approximate surface area is 135 Å². The topological polar surface area (TPSA) is 70.6 Å². The van der Waals surface area contributed by atoms with E-state index in [4.69, 9.17) is 0 Å². The number of urea groups is 1. The summed E-state index contributed by atoms with van der Waals surface area (Å²) < 4.78 is 31.7. The molecule has 0 unspecified atom stereocenters. The van der Waals surface area contributed by atoms with Crippen LogP contribution in [0.2, 0.25) is 0 Å². The van der Waals surface area contributed by atoms with Gasteiger partial charge in [0.05, 0.1) is 13.7 Å². The molecule has 0 spiro atoms. The number of hydrogen-bond donors (Lipinski definition) is 3. The molecule has 0 fully saturated rings. The van der Waals surface area contributed by atoms with Crippen LogP contribution in [0.15, 0.2) is 29.6 Å². The highest BCUT2D eigenvalue weighted by atomic mass is 32.1. The highest BCUT2D eigenvalue weighted by Crippen LogP contribution is 2.26. The van der Waals surface area contributed by atoms with Gasteiger partial charge in [0.25, 0.3) is 0 Å². The highest BCUT2D eigenvalue weighted by molar-refractivity contribution is 7.10. The third-order valence-corrected chi connectivity index (χ3v) is 4.23. The van der Waals surface area contributed by atoms with Gasteiger partial charge in [-0.15, -0.1) is 11.3 Å². The molecular formula is C15H16F2N2O3S. The second-order valence-corrected chi connectivity index (χ2v) is 5.98. The first kappa shape index (κ1) is 17.2. The van der Waals surface area contributed by atoms with Crippen LogP contribution in [0.4, 0.5) is 19.3 Å². The molecule has 1 aromatic carbocycles. The van der Waals surface area contributed by atoms with E-state index in [2.05, 4.69) is 15.4 Å². The molecule has 0 aliphatic heterocycles. The van der Waals surface area contributed by atoms with Gasteiger partial charge in [0.2, 0.25) is 0 Å². The summed E-state index contributed by atoms with van der Waals surface area (Å²) >= 11 is 1.36. The van der Waals surface area contributed by atoms with Crippen molar-refractivity contribution in [2.45, 2.75) is 12.5 Å². The van der Waals surface area contributed by atoms with Crippen LogP contribution < -0.4 is 15.4 Å². The molecule has 0 aliphatic carbocycles. The Morgan fingerprint density at radius 1 is 1.39 bits per heavy atom. The molecule has 2 rings (SSSR count). The Kier molecular flexibility index (Phi) is 5.17. The van der Waals surface area contributed by atoms with E-state index in [0.29, 0.717) is 4.88 Å². The lowest BCUT2D eigenvalue weighted by molar-refractivity contribution is 0.0637. The van der Waals surface area contributed by atoms with Crippen LogP contribution in [0, 0.1) is 11.6 Å². The fourth-order valence-electron chi connectivity index (χ4n) is 1.93. The maximum atomic E-state index is 13.5. The number of carbonyl (C=O) groups excluding carboxylic acids is 1. The van der Waals surface area contributed by atoms with Gasteiger partial charge in [0.1, 0.15) is 5.60 Å². The summed E-state index contributed by atoms with van der Waals surface area (Å²) in [6.07, 6.45) is 0. The lowest BCUT2D eigenvalue weighted by atomic mass is 10.1. The minimum Gasteiger partial charge on any atom is -0.491 e. The number of methoxy groups -OCH3 is 1. The normalized spacial score (nSPS) is 13.3. The standard InChI is InChI=1S/C15H16F2N2O3S/c1-15(21,12-4-3-5-23-12)8-18-14(20)19-9-6-10(16)13(22-2)11(17)7-9/h3-7,21H,8H2,1-2H3,(H2,18,19,20)/t15-/m0/s1. The first-order valence-corrected chi connectivity index (χ1v) is 7.55. The van der Waals surface area contributed by atoms with Gasteiger partial charge in [0, 0.05) is 22.7 Å².